The van der Waals surface area contributed by atoms with Gasteiger partial charge in [-0.15, -0.1) is 0 Å². The first-order valence-electron chi connectivity index (χ1n) is 7.88. The summed E-state index contributed by atoms with van der Waals surface area (Å²) in [6.45, 7) is 7.04. The quantitative estimate of drug-likeness (QED) is 0.625. The molecule has 24 heavy (non-hydrogen) atoms. The van der Waals surface area contributed by atoms with Crippen LogP contribution in [0.25, 0.3) is 0 Å². The monoisotopic (exact) mass is 334 g/mol. The van der Waals surface area contributed by atoms with Gasteiger partial charge in [0, 0.05) is 24.1 Å². The molecule has 2 rings (SSSR count). The molecule has 0 N–H and O–H groups in total. The first kappa shape index (κ1) is 17.9. The number of imide groups is 1. The summed E-state index contributed by atoms with van der Waals surface area (Å²) >= 11 is 0. The van der Waals surface area contributed by atoms with E-state index in [1.54, 1.807) is 39.8 Å². The summed E-state index contributed by atoms with van der Waals surface area (Å²) in [5, 5.41) is 10.7. The van der Waals surface area contributed by atoms with E-state index in [0.29, 0.717) is 12.8 Å². The second kappa shape index (κ2) is 6.59. The van der Waals surface area contributed by atoms with Gasteiger partial charge in [0.25, 0.3) is 5.69 Å². The number of ether oxygens (including phenoxy) is 1. The van der Waals surface area contributed by atoms with Gasteiger partial charge in [0.1, 0.15) is 5.60 Å². The van der Waals surface area contributed by atoms with Crippen molar-refractivity contribution in [2.24, 2.45) is 5.92 Å². The van der Waals surface area contributed by atoms with Gasteiger partial charge in [-0.25, -0.2) is 9.69 Å². The van der Waals surface area contributed by atoms with Gasteiger partial charge >= 0.3 is 6.09 Å². The maximum Gasteiger partial charge on any atom is 0.417 e. The van der Waals surface area contributed by atoms with Crippen molar-refractivity contribution in [3.05, 3.63) is 39.9 Å². The Labute approximate surface area is 140 Å². The zero-order valence-corrected chi connectivity index (χ0v) is 14.3. The number of benzene rings is 1. The van der Waals surface area contributed by atoms with Gasteiger partial charge < -0.3 is 4.74 Å². The predicted octanol–water partition coefficient (Wildman–Crippen LogP) is 3.31. The number of nitro groups is 1. The van der Waals surface area contributed by atoms with Gasteiger partial charge in [0.2, 0.25) is 5.91 Å². The molecule has 1 unspecified atom stereocenters. The van der Waals surface area contributed by atoms with Gasteiger partial charge in [-0.3, -0.25) is 14.9 Å². The molecule has 130 valence electrons. The highest BCUT2D eigenvalue weighted by molar-refractivity contribution is 5.95. The Bertz CT molecular complexity index is 648. The summed E-state index contributed by atoms with van der Waals surface area (Å²) in [5.74, 6) is -0.489. The van der Waals surface area contributed by atoms with Crippen LogP contribution in [0, 0.1) is 16.0 Å². The fourth-order valence-corrected chi connectivity index (χ4v) is 2.78. The number of hydrogen-bond acceptors (Lipinski definition) is 5. The third-order valence-corrected chi connectivity index (χ3v) is 3.86. The van der Waals surface area contributed by atoms with Crippen LogP contribution in [0.1, 0.15) is 39.7 Å². The second-order valence-electron chi connectivity index (χ2n) is 7.11. The molecule has 2 atom stereocenters. The molecule has 1 aliphatic heterocycles. The van der Waals surface area contributed by atoms with E-state index in [4.69, 9.17) is 4.74 Å². The molecule has 0 bridgehead atoms. The van der Waals surface area contributed by atoms with Crippen LogP contribution < -0.4 is 0 Å². The van der Waals surface area contributed by atoms with Gasteiger partial charge in [0.05, 0.1) is 4.92 Å². The SMILES string of the molecule is CC1C[C@H](Cc2ccc([N+](=O)[O-])cc2)N(C(=O)OC(C)(C)C)C1=O. The van der Waals surface area contributed by atoms with Crippen LogP contribution >= 0.6 is 0 Å². The summed E-state index contributed by atoms with van der Waals surface area (Å²) in [6.07, 6.45) is 0.367. The summed E-state index contributed by atoms with van der Waals surface area (Å²) in [4.78, 5) is 36.1. The number of likely N-dealkylation sites (tertiary alicyclic amines) is 1. The van der Waals surface area contributed by atoms with E-state index in [2.05, 4.69) is 0 Å². The van der Waals surface area contributed by atoms with E-state index in [1.165, 1.54) is 17.0 Å². The Hall–Kier alpha value is -2.44. The molecular weight excluding hydrogens is 312 g/mol. The molecule has 1 aromatic rings. The molecule has 0 radical (unpaired) electrons. The lowest BCUT2D eigenvalue weighted by Crippen LogP contribution is -2.43. The van der Waals surface area contributed by atoms with E-state index < -0.39 is 16.6 Å². The highest BCUT2D eigenvalue weighted by atomic mass is 16.6. The molecule has 7 heteroatoms. The molecule has 2 amide bonds. The normalized spacial score (nSPS) is 21.0. The lowest BCUT2D eigenvalue weighted by atomic mass is 10.0. The van der Waals surface area contributed by atoms with Crippen LogP contribution in [0.5, 0.6) is 0 Å². The number of nitro benzene ring substituents is 1. The van der Waals surface area contributed by atoms with Gasteiger partial charge in [-0.05, 0) is 39.2 Å². The zero-order valence-electron chi connectivity index (χ0n) is 14.3. The maximum atomic E-state index is 12.4. The standard InChI is InChI=1S/C17H22N2O5/c1-11-9-14(10-12-5-7-13(8-6-12)19(22)23)18(15(11)20)16(21)24-17(2,3)4/h5-8,11,14H,9-10H2,1-4H3/t11?,14-/m1/s1. The van der Waals surface area contributed by atoms with Crippen molar-refractivity contribution < 1.29 is 19.2 Å². The van der Waals surface area contributed by atoms with Gasteiger partial charge in [-0.2, -0.15) is 0 Å². The highest BCUT2D eigenvalue weighted by Gasteiger charge is 2.42. The van der Waals surface area contributed by atoms with Gasteiger partial charge in [-0.1, -0.05) is 19.1 Å². The third-order valence-electron chi connectivity index (χ3n) is 3.86. The van der Waals surface area contributed by atoms with E-state index in [0.717, 1.165) is 5.56 Å². The minimum absolute atomic E-state index is 0.0126. The Morgan fingerprint density at radius 2 is 1.92 bits per heavy atom. The molecule has 0 aliphatic carbocycles. The Kier molecular flexibility index (Phi) is 4.91. The Balaban J connectivity index is 2.16. The molecule has 1 aliphatic rings. The lowest BCUT2D eigenvalue weighted by molar-refractivity contribution is -0.384. The van der Waals surface area contributed by atoms with Crippen LogP contribution in [0.15, 0.2) is 24.3 Å². The predicted molar refractivity (Wildman–Crippen MR) is 87.4 cm³/mol. The van der Waals surface area contributed by atoms with Crippen molar-refractivity contribution in [3.63, 3.8) is 0 Å². The largest absolute Gasteiger partial charge is 0.443 e. The van der Waals surface area contributed by atoms with Gasteiger partial charge in [0.15, 0.2) is 0 Å². The summed E-state index contributed by atoms with van der Waals surface area (Å²) < 4.78 is 5.34. The molecule has 0 aromatic heterocycles. The van der Waals surface area contributed by atoms with Crippen LogP contribution in [0.4, 0.5) is 10.5 Å². The summed E-state index contributed by atoms with van der Waals surface area (Å²) in [7, 11) is 0. The van der Waals surface area contributed by atoms with Crippen LogP contribution in [0.2, 0.25) is 0 Å². The van der Waals surface area contributed by atoms with E-state index in [1.807, 2.05) is 0 Å². The lowest BCUT2D eigenvalue weighted by Gasteiger charge is -2.27. The average Bonchev–Trinajstić information content (AvgIpc) is 2.72. The summed E-state index contributed by atoms with van der Waals surface area (Å²) in [6, 6.07) is 5.85. The first-order chi connectivity index (χ1) is 11.1. The number of hydrogen-bond donors (Lipinski definition) is 0. The molecule has 1 aromatic carbocycles. The fourth-order valence-electron chi connectivity index (χ4n) is 2.78. The minimum atomic E-state index is -0.679. The minimum Gasteiger partial charge on any atom is -0.443 e. The fraction of sp³-hybridized carbons (Fsp3) is 0.529. The smallest absolute Gasteiger partial charge is 0.417 e. The molecular formula is C17H22N2O5. The van der Waals surface area contributed by atoms with Crippen LogP contribution in [-0.4, -0.2) is 33.5 Å². The van der Waals surface area contributed by atoms with Crippen LogP contribution in [0.3, 0.4) is 0 Å². The maximum absolute atomic E-state index is 12.4. The molecule has 0 spiro atoms. The number of carbonyl (C=O) groups excluding carboxylic acids is 2. The van der Waals surface area contributed by atoms with Crippen molar-refractivity contribution in [2.45, 2.75) is 52.2 Å². The number of rotatable bonds is 3. The van der Waals surface area contributed by atoms with Crippen LogP contribution in [-0.2, 0) is 16.0 Å². The molecule has 1 saturated heterocycles. The van der Waals surface area contributed by atoms with Crippen molar-refractivity contribution in [2.75, 3.05) is 0 Å². The first-order valence-corrected chi connectivity index (χ1v) is 7.88. The number of carbonyl (C=O) groups is 2. The third kappa shape index (κ3) is 4.10. The van der Waals surface area contributed by atoms with Crippen molar-refractivity contribution >= 4 is 17.7 Å². The Morgan fingerprint density at radius 1 is 1.33 bits per heavy atom. The molecule has 1 heterocycles. The van der Waals surface area contributed by atoms with Crippen molar-refractivity contribution in [1.82, 2.24) is 4.90 Å². The highest BCUT2D eigenvalue weighted by Crippen LogP contribution is 2.29. The number of amides is 2. The Morgan fingerprint density at radius 3 is 2.42 bits per heavy atom. The summed E-state index contributed by atoms with van der Waals surface area (Å²) in [5.41, 5.74) is 0.167. The average molecular weight is 334 g/mol. The van der Waals surface area contributed by atoms with Crippen molar-refractivity contribution in [3.8, 4) is 0 Å². The second-order valence-corrected chi connectivity index (χ2v) is 7.11. The number of nitrogens with zero attached hydrogens (tertiary/aromatic N) is 2. The molecule has 7 nitrogen and oxygen atoms in total. The van der Waals surface area contributed by atoms with Crippen molar-refractivity contribution in [1.29, 1.82) is 0 Å². The van der Waals surface area contributed by atoms with E-state index >= 15 is 0 Å². The van der Waals surface area contributed by atoms with E-state index in [9.17, 15) is 19.7 Å². The topological polar surface area (TPSA) is 89.8 Å². The number of non-ortho nitro benzene ring substituents is 1. The van der Waals surface area contributed by atoms with E-state index in [-0.39, 0.29) is 23.6 Å². The molecule has 1 fully saturated rings. The zero-order chi connectivity index (χ0) is 18.1. The molecule has 0 saturated carbocycles.